The van der Waals surface area contributed by atoms with Gasteiger partial charge in [-0.1, -0.05) is 0 Å². The third kappa shape index (κ3) is 1.61. The molecule has 0 unspecified atom stereocenters. The molecule has 3 aromatic rings. The smallest absolute Gasteiger partial charge is 0.266 e. The number of pyridine rings is 1. The Morgan fingerprint density at radius 2 is 2.11 bits per heavy atom. The molecule has 0 saturated heterocycles. The number of halogens is 3. The van der Waals surface area contributed by atoms with Gasteiger partial charge in [-0.2, -0.15) is 4.39 Å². The molecule has 0 radical (unpaired) electrons. The first-order valence-corrected chi connectivity index (χ1v) is 6.87. The Hall–Kier alpha value is -1.47. The average Bonchev–Trinajstić information content (AvgIpc) is 2.86. The maximum atomic E-state index is 14.0. The average molecular weight is 346 g/mol. The molecule has 7 heteroatoms. The predicted molar refractivity (Wildman–Crippen MR) is 74.1 cm³/mol. The Kier molecular flexibility index (Phi) is 2.83. The van der Waals surface area contributed by atoms with E-state index in [-0.39, 0.29) is 15.7 Å². The summed E-state index contributed by atoms with van der Waals surface area (Å²) in [6, 6.07) is 1.69. The largest absolute Gasteiger partial charge is 0.492 e. The van der Waals surface area contributed by atoms with E-state index in [0.29, 0.717) is 15.5 Å². The number of H-pyrrole nitrogens is 1. The van der Waals surface area contributed by atoms with E-state index >= 15 is 0 Å². The second kappa shape index (κ2) is 4.28. The summed E-state index contributed by atoms with van der Waals surface area (Å²) >= 11 is 4.45. The lowest BCUT2D eigenvalue weighted by atomic mass is 10.1. The highest BCUT2D eigenvalue weighted by molar-refractivity contribution is 9.10. The van der Waals surface area contributed by atoms with Gasteiger partial charge in [0.1, 0.15) is 4.70 Å². The van der Waals surface area contributed by atoms with Crippen LogP contribution >= 0.6 is 27.3 Å². The maximum Gasteiger partial charge on any atom is 0.266 e. The summed E-state index contributed by atoms with van der Waals surface area (Å²) in [5, 5.41) is 2.68. The minimum absolute atomic E-state index is 0.166. The Morgan fingerprint density at radius 1 is 1.37 bits per heavy atom. The van der Waals surface area contributed by atoms with Crippen molar-refractivity contribution in [1.29, 1.82) is 0 Å². The summed E-state index contributed by atoms with van der Waals surface area (Å²) in [4.78, 5) is 14.2. The highest BCUT2D eigenvalue weighted by Crippen LogP contribution is 2.40. The molecule has 3 nitrogen and oxygen atoms in total. The second-order valence-electron chi connectivity index (χ2n) is 3.84. The maximum absolute atomic E-state index is 14.0. The van der Waals surface area contributed by atoms with Crippen LogP contribution in [0.5, 0.6) is 5.75 Å². The first-order valence-electron chi connectivity index (χ1n) is 5.20. The van der Waals surface area contributed by atoms with Gasteiger partial charge < -0.3 is 9.72 Å². The number of aromatic amines is 1. The van der Waals surface area contributed by atoms with Gasteiger partial charge in [0.25, 0.3) is 5.56 Å². The number of rotatable bonds is 1. The molecule has 19 heavy (non-hydrogen) atoms. The molecule has 0 aliphatic heterocycles. The summed E-state index contributed by atoms with van der Waals surface area (Å²) in [5.41, 5.74) is -0.603. The molecule has 0 aliphatic carbocycles. The standard InChI is InChI=1S/C12H6BrF2NO2S/c1-18-10-6(13)5-4-2-3-19-11(4)12(17)16-9(5)7(14)8(10)15/h2-3H,1H3,(H,16,17). The Balaban J connectivity index is 2.70. The van der Waals surface area contributed by atoms with Gasteiger partial charge in [0.15, 0.2) is 11.6 Å². The summed E-state index contributed by atoms with van der Waals surface area (Å²) in [6.45, 7) is 0. The molecule has 0 atom stereocenters. The van der Waals surface area contributed by atoms with E-state index in [9.17, 15) is 13.6 Å². The van der Waals surface area contributed by atoms with Gasteiger partial charge in [0.2, 0.25) is 5.82 Å². The molecule has 2 heterocycles. The Labute approximate surface area is 117 Å². The van der Waals surface area contributed by atoms with Crippen LogP contribution in [-0.2, 0) is 0 Å². The minimum atomic E-state index is -1.13. The van der Waals surface area contributed by atoms with Crippen molar-refractivity contribution in [2.24, 2.45) is 0 Å². The molecular weight excluding hydrogens is 340 g/mol. The highest BCUT2D eigenvalue weighted by Gasteiger charge is 2.22. The summed E-state index contributed by atoms with van der Waals surface area (Å²) in [5.74, 6) is -2.48. The molecule has 0 bridgehead atoms. The van der Waals surface area contributed by atoms with Crippen molar-refractivity contribution in [2.45, 2.75) is 0 Å². The molecule has 1 aromatic carbocycles. The SMILES string of the molecule is COc1c(F)c(F)c2[nH]c(=O)c3sccc3c2c1Br. The molecule has 2 aromatic heterocycles. The first-order chi connectivity index (χ1) is 9.06. The van der Waals surface area contributed by atoms with Crippen molar-refractivity contribution < 1.29 is 13.5 Å². The molecule has 0 saturated carbocycles. The van der Waals surface area contributed by atoms with Gasteiger partial charge >= 0.3 is 0 Å². The topological polar surface area (TPSA) is 42.1 Å². The van der Waals surface area contributed by atoms with E-state index in [0.717, 1.165) is 0 Å². The molecule has 0 fully saturated rings. The fraction of sp³-hybridized carbons (Fsp3) is 0.0833. The minimum Gasteiger partial charge on any atom is -0.492 e. The Bertz CT molecular complexity index is 872. The highest BCUT2D eigenvalue weighted by atomic mass is 79.9. The van der Waals surface area contributed by atoms with Crippen molar-refractivity contribution >= 4 is 48.3 Å². The van der Waals surface area contributed by atoms with Crippen molar-refractivity contribution in [3.63, 3.8) is 0 Å². The normalized spacial score (nSPS) is 11.4. The van der Waals surface area contributed by atoms with Crippen molar-refractivity contribution in [3.8, 4) is 5.75 Å². The van der Waals surface area contributed by atoms with Gasteiger partial charge in [-0.05, 0) is 27.4 Å². The lowest BCUT2D eigenvalue weighted by molar-refractivity contribution is 0.371. The van der Waals surface area contributed by atoms with Gasteiger partial charge in [-0.25, -0.2) is 4.39 Å². The van der Waals surface area contributed by atoms with Crippen LogP contribution in [0.1, 0.15) is 0 Å². The number of nitrogens with one attached hydrogen (secondary N) is 1. The van der Waals surface area contributed by atoms with Crippen molar-refractivity contribution in [2.75, 3.05) is 7.11 Å². The van der Waals surface area contributed by atoms with Crippen LogP contribution in [0.15, 0.2) is 20.7 Å². The van der Waals surface area contributed by atoms with Gasteiger partial charge in [-0.15, -0.1) is 11.3 Å². The predicted octanol–water partition coefficient (Wildman–Crippen LogP) is 3.79. The summed E-state index contributed by atoms with van der Waals surface area (Å²) < 4.78 is 33.4. The molecule has 98 valence electrons. The Morgan fingerprint density at radius 3 is 2.79 bits per heavy atom. The van der Waals surface area contributed by atoms with Crippen LogP contribution in [0.2, 0.25) is 0 Å². The number of methoxy groups -OCH3 is 1. The fourth-order valence-electron chi connectivity index (χ4n) is 2.04. The van der Waals surface area contributed by atoms with Crippen LogP contribution in [0.25, 0.3) is 21.0 Å². The fourth-order valence-corrected chi connectivity index (χ4v) is 3.58. The van der Waals surface area contributed by atoms with E-state index in [4.69, 9.17) is 4.74 Å². The van der Waals surface area contributed by atoms with E-state index in [1.165, 1.54) is 18.4 Å². The number of ether oxygens (including phenoxy) is 1. The molecule has 3 rings (SSSR count). The number of benzene rings is 1. The van der Waals surface area contributed by atoms with E-state index < -0.39 is 17.2 Å². The van der Waals surface area contributed by atoms with E-state index in [1.54, 1.807) is 11.4 Å². The summed E-state index contributed by atoms with van der Waals surface area (Å²) in [7, 11) is 1.25. The van der Waals surface area contributed by atoms with Gasteiger partial charge in [-0.3, -0.25) is 4.79 Å². The lowest BCUT2D eigenvalue weighted by Gasteiger charge is -2.10. The van der Waals surface area contributed by atoms with Crippen molar-refractivity contribution in [1.82, 2.24) is 4.98 Å². The zero-order chi connectivity index (χ0) is 13.7. The molecule has 0 amide bonds. The van der Waals surface area contributed by atoms with Gasteiger partial charge in [0, 0.05) is 10.8 Å². The zero-order valence-corrected chi connectivity index (χ0v) is 11.9. The molecule has 0 spiro atoms. The second-order valence-corrected chi connectivity index (χ2v) is 5.55. The van der Waals surface area contributed by atoms with E-state index in [2.05, 4.69) is 20.9 Å². The molecule has 1 N–H and O–H groups in total. The van der Waals surface area contributed by atoms with Gasteiger partial charge in [0.05, 0.1) is 17.1 Å². The van der Waals surface area contributed by atoms with Crippen molar-refractivity contribution in [3.05, 3.63) is 37.9 Å². The number of fused-ring (bicyclic) bond motifs is 3. The van der Waals surface area contributed by atoms with Crippen LogP contribution in [0.4, 0.5) is 8.78 Å². The van der Waals surface area contributed by atoms with Crippen LogP contribution in [-0.4, -0.2) is 12.1 Å². The monoisotopic (exact) mass is 345 g/mol. The lowest BCUT2D eigenvalue weighted by Crippen LogP contribution is -2.07. The zero-order valence-electron chi connectivity index (χ0n) is 9.51. The quantitative estimate of drug-likeness (QED) is 0.681. The first kappa shape index (κ1) is 12.6. The number of thiophene rings is 1. The number of hydrogen-bond acceptors (Lipinski definition) is 3. The third-order valence-electron chi connectivity index (χ3n) is 2.86. The van der Waals surface area contributed by atoms with Crippen LogP contribution in [0, 0.1) is 11.6 Å². The van der Waals surface area contributed by atoms with E-state index in [1.807, 2.05) is 0 Å². The number of hydrogen-bond donors (Lipinski definition) is 1. The molecular formula is C12H6BrF2NO2S. The molecule has 0 aliphatic rings. The van der Waals surface area contributed by atoms with Crippen LogP contribution < -0.4 is 10.3 Å². The summed E-state index contributed by atoms with van der Waals surface area (Å²) in [6.07, 6.45) is 0. The van der Waals surface area contributed by atoms with Crippen LogP contribution in [0.3, 0.4) is 0 Å². The third-order valence-corrected chi connectivity index (χ3v) is 4.53. The number of aromatic nitrogens is 1.